The van der Waals surface area contributed by atoms with E-state index in [-0.39, 0.29) is 0 Å². The Bertz CT molecular complexity index is 474. The molecule has 1 aromatic carbocycles. The van der Waals surface area contributed by atoms with Crippen molar-refractivity contribution < 1.29 is 0 Å². The molecule has 21 heavy (non-hydrogen) atoms. The Morgan fingerprint density at radius 2 is 2.00 bits per heavy atom. The molecule has 1 aliphatic heterocycles. The van der Waals surface area contributed by atoms with Crippen LogP contribution in [-0.2, 0) is 6.42 Å². The molecule has 1 fully saturated rings. The lowest BCUT2D eigenvalue weighted by molar-refractivity contribution is 0.192. The van der Waals surface area contributed by atoms with Crippen LogP contribution in [0.5, 0.6) is 0 Å². The van der Waals surface area contributed by atoms with E-state index >= 15 is 0 Å². The van der Waals surface area contributed by atoms with Gasteiger partial charge in [0.2, 0.25) is 0 Å². The Hall–Kier alpha value is -1.12. The molecule has 1 saturated heterocycles. The lowest BCUT2D eigenvalue weighted by Crippen LogP contribution is -2.45. The van der Waals surface area contributed by atoms with Gasteiger partial charge in [-0.05, 0) is 55.8 Å². The molecule has 1 heterocycles. The third-order valence-electron chi connectivity index (χ3n) is 5.22. The Labute approximate surface area is 129 Å². The highest BCUT2D eigenvalue weighted by molar-refractivity contribution is 5.33. The average molecular weight is 284 g/mol. The minimum atomic E-state index is 0.547. The van der Waals surface area contributed by atoms with Crippen LogP contribution in [0.1, 0.15) is 43.4 Å². The highest BCUT2D eigenvalue weighted by Crippen LogP contribution is 2.35. The van der Waals surface area contributed by atoms with Crippen molar-refractivity contribution in [2.24, 2.45) is 5.92 Å². The van der Waals surface area contributed by atoms with Gasteiger partial charge in [-0.1, -0.05) is 37.3 Å². The van der Waals surface area contributed by atoms with Crippen molar-refractivity contribution in [1.82, 2.24) is 10.2 Å². The molecule has 2 atom stereocenters. The van der Waals surface area contributed by atoms with E-state index in [1.54, 1.807) is 11.1 Å². The number of hydrogen-bond acceptors (Lipinski definition) is 2. The lowest BCUT2D eigenvalue weighted by Gasteiger charge is -2.38. The van der Waals surface area contributed by atoms with Crippen LogP contribution in [0, 0.1) is 5.92 Å². The van der Waals surface area contributed by atoms with E-state index in [9.17, 15) is 0 Å². The fourth-order valence-electron chi connectivity index (χ4n) is 3.89. The third-order valence-corrected chi connectivity index (χ3v) is 5.22. The van der Waals surface area contributed by atoms with Crippen LogP contribution >= 0.6 is 0 Å². The highest BCUT2D eigenvalue weighted by atomic mass is 15.1. The molecule has 0 aromatic heterocycles. The predicted molar refractivity (Wildman–Crippen MR) is 89.5 cm³/mol. The van der Waals surface area contributed by atoms with Crippen molar-refractivity contribution in [1.29, 1.82) is 0 Å². The molecule has 1 N–H and O–H groups in total. The van der Waals surface area contributed by atoms with Crippen LogP contribution in [0.4, 0.5) is 0 Å². The summed E-state index contributed by atoms with van der Waals surface area (Å²) < 4.78 is 0. The summed E-state index contributed by atoms with van der Waals surface area (Å²) in [6, 6.07) is 10.2. The Morgan fingerprint density at radius 3 is 2.76 bits per heavy atom. The Balaban J connectivity index is 1.64. The molecule has 0 saturated carbocycles. The number of hydrogen-bond donors (Lipinski definition) is 1. The highest BCUT2D eigenvalue weighted by Gasteiger charge is 2.29. The number of nitrogens with zero attached hydrogens (tertiary/aromatic N) is 1. The van der Waals surface area contributed by atoms with Gasteiger partial charge in [-0.25, -0.2) is 0 Å². The van der Waals surface area contributed by atoms with Crippen molar-refractivity contribution in [3.05, 3.63) is 48.0 Å². The summed E-state index contributed by atoms with van der Waals surface area (Å²) in [5.41, 5.74) is 3.10. The summed E-state index contributed by atoms with van der Waals surface area (Å²) in [5, 5.41) is 3.97. The van der Waals surface area contributed by atoms with Gasteiger partial charge in [0.15, 0.2) is 0 Å². The number of rotatable bonds is 4. The van der Waals surface area contributed by atoms with E-state index in [2.05, 4.69) is 48.0 Å². The molecular weight excluding hydrogens is 256 g/mol. The number of aryl methyl sites for hydroxylation is 1. The van der Waals surface area contributed by atoms with Crippen LogP contribution in [0.25, 0.3) is 0 Å². The zero-order valence-corrected chi connectivity index (χ0v) is 13.2. The minimum absolute atomic E-state index is 0.547. The van der Waals surface area contributed by atoms with Crippen molar-refractivity contribution in [3.8, 4) is 0 Å². The SMILES string of the molecule is C=CCN1CCC(N[C@H]2c3ccccc3CC[C@@H]2C)CC1. The molecule has 0 unspecified atom stereocenters. The molecule has 0 radical (unpaired) electrons. The van der Waals surface area contributed by atoms with Crippen molar-refractivity contribution in [3.63, 3.8) is 0 Å². The zero-order valence-electron chi connectivity index (χ0n) is 13.2. The van der Waals surface area contributed by atoms with E-state index < -0.39 is 0 Å². The van der Waals surface area contributed by atoms with E-state index in [0.29, 0.717) is 12.1 Å². The molecule has 1 aliphatic carbocycles. The molecular formula is C19H28N2. The Kier molecular flexibility index (Phi) is 4.77. The van der Waals surface area contributed by atoms with Gasteiger partial charge in [-0.2, -0.15) is 0 Å². The summed E-state index contributed by atoms with van der Waals surface area (Å²) in [6.07, 6.45) is 7.10. The van der Waals surface area contributed by atoms with Gasteiger partial charge in [-0.15, -0.1) is 6.58 Å². The van der Waals surface area contributed by atoms with Crippen LogP contribution in [0.15, 0.2) is 36.9 Å². The van der Waals surface area contributed by atoms with Gasteiger partial charge in [0.1, 0.15) is 0 Å². The minimum Gasteiger partial charge on any atom is -0.307 e. The van der Waals surface area contributed by atoms with E-state index in [4.69, 9.17) is 0 Å². The molecule has 2 nitrogen and oxygen atoms in total. The molecule has 2 aliphatic rings. The normalized spacial score (nSPS) is 27.3. The molecule has 0 bridgehead atoms. The number of likely N-dealkylation sites (tertiary alicyclic amines) is 1. The van der Waals surface area contributed by atoms with E-state index in [1.165, 1.54) is 38.8 Å². The summed E-state index contributed by atoms with van der Waals surface area (Å²) in [7, 11) is 0. The van der Waals surface area contributed by atoms with Crippen molar-refractivity contribution >= 4 is 0 Å². The first-order valence-corrected chi connectivity index (χ1v) is 8.45. The molecule has 3 rings (SSSR count). The number of piperidine rings is 1. The summed E-state index contributed by atoms with van der Waals surface area (Å²) in [5.74, 6) is 0.742. The predicted octanol–water partition coefficient (Wildman–Crippen LogP) is 3.55. The number of benzene rings is 1. The van der Waals surface area contributed by atoms with Gasteiger partial charge in [0.25, 0.3) is 0 Å². The maximum Gasteiger partial charge on any atom is 0.0351 e. The third kappa shape index (κ3) is 3.38. The van der Waals surface area contributed by atoms with Crippen molar-refractivity contribution in [2.45, 2.75) is 44.7 Å². The fourth-order valence-corrected chi connectivity index (χ4v) is 3.89. The quantitative estimate of drug-likeness (QED) is 0.851. The molecule has 2 heteroatoms. The molecule has 1 aromatic rings. The van der Waals surface area contributed by atoms with Gasteiger partial charge in [0, 0.05) is 18.6 Å². The smallest absolute Gasteiger partial charge is 0.0351 e. The lowest BCUT2D eigenvalue weighted by atomic mass is 9.80. The molecule has 0 amide bonds. The molecule has 0 spiro atoms. The standard InChI is InChI=1S/C19H28N2/c1-3-12-21-13-10-17(11-14-21)20-19-15(2)8-9-16-6-4-5-7-18(16)19/h3-7,15,17,19-20H,1,8-14H2,2H3/t15-,19+/m0/s1. The van der Waals surface area contributed by atoms with Gasteiger partial charge in [0.05, 0.1) is 0 Å². The zero-order chi connectivity index (χ0) is 14.7. The second-order valence-electron chi connectivity index (χ2n) is 6.72. The maximum atomic E-state index is 3.97. The van der Waals surface area contributed by atoms with Crippen LogP contribution in [0.3, 0.4) is 0 Å². The van der Waals surface area contributed by atoms with E-state index in [1.807, 2.05) is 6.08 Å². The monoisotopic (exact) mass is 284 g/mol. The van der Waals surface area contributed by atoms with Gasteiger partial charge < -0.3 is 5.32 Å². The van der Waals surface area contributed by atoms with Crippen molar-refractivity contribution in [2.75, 3.05) is 19.6 Å². The average Bonchev–Trinajstić information content (AvgIpc) is 2.52. The number of nitrogens with one attached hydrogen (secondary N) is 1. The first-order valence-electron chi connectivity index (χ1n) is 8.45. The topological polar surface area (TPSA) is 15.3 Å². The maximum absolute atomic E-state index is 3.97. The van der Waals surface area contributed by atoms with E-state index in [0.717, 1.165) is 12.5 Å². The van der Waals surface area contributed by atoms with Gasteiger partial charge >= 0.3 is 0 Å². The largest absolute Gasteiger partial charge is 0.307 e. The van der Waals surface area contributed by atoms with Crippen LogP contribution < -0.4 is 5.32 Å². The number of fused-ring (bicyclic) bond motifs is 1. The second kappa shape index (κ2) is 6.76. The second-order valence-corrected chi connectivity index (χ2v) is 6.72. The first kappa shape index (κ1) is 14.8. The summed E-state index contributed by atoms with van der Waals surface area (Å²) in [6.45, 7) is 9.69. The molecule has 114 valence electrons. The fraction of sp³-hybridized carbons (Fsp3) is 0.579. The van der Waals surface area contributed by atoms with Crippen LogP contribution in [-0.4, -0.2) is 30.6 Å². The van der Waals surface area contributed by atoms with Crippen LogP contribution in [0.2, 0.25) is 0 Å². The first-order chi connectivity index (χ1) is 10.3. The Morgan fingerprint density at radius 1 is 1.24 bits per heavy atom. The van der Waals surface area contributed by atoms with Gasteiger partial charge in [-0.3, -0.25) is 4.90 Å². The summed E-state index contributed by atoms with van der Waals surface area (Å²) in [4.78, 5) is 2.50. The summed E-state index contributed by atoms with van der Waals surface area (Å²) >= 11 is 0.